The van der Waals surface area contributed by atoms with Crippen molar-refractivity contribution in [1.29, 1.82) is 0 Å². The van der Waals surface area contributed by atoms with Gasteiger partial charge in [-0.05, 0) is 24.6 Å². The molecular formula is C18H12F4N6O4. The van der Waals surface area contributed by atoms with Gasteiger partial charge in [0.1, 0.15) is 11.0 Å². The number of aromatic hydroxyl groups is 1. The Kier molecular flexibility index (Phi) is 4.91. The number of halogens is 4. The van der Waals surface area contributed by atoms with Crippen LogP contribution < -0.4 is 4.74 Å². The molecule has 4 rings (SSSR count). The van der Waals surface area contributed by atoms with Gasteiger partial charge < -0.3 is 14.9 Å². The van der Waals surface area contributed by atoms with Gasteiger partial charge >= 0.3 is 12.3 Å². The maximum Gasteiger partial charge on any atom is 0.573 e. The molecule has 0 saturated heterocycles. The summed E-state index contributed by atoms with van der Waals surface area (Å²) >= 11 is 0. The van der Waals surface area contributed by atoms with Crippen LogP contribution in [0.2, 0.25) is 0 Å². The Bertz CT molecular complexity index is 1330. The summed E-state index contributed by atoms with van der Waals surface area (Å²) in [5, 5.41) is 27.4. The lowest BCUT2D eigenvalue weighted by atomic mass is 10.1. The van der Waals surface area contributed by atoms with Crippen molar-refractivity contribution in [3.05, 3.63) is 53.7 Å². The van der Waals surface area contributed by atoms with E-state index in [1.54, 1.807) is 6.92 Å². The Morgan fingerprint density at radius 2 is 1.94 bits per heavy atom. The summed E-state index contributed by atoms with van der Waals surface area (Å²) in [6, 6.07) is 2.20. The molecule has 0 aliphatic heterocycles. The molecule has 10 nitrogen and oxygen atoms in total. The second kappa shape index (κ2) is 7.47. The Balaban J connectivity index is 1.69. The molecule has 3 aromatic heterocycles. The first-order chi connectivity index (χ1) is 15.0. The zero-order valence-electron chi connectivity index (χ0n) is 15.9. The largest absolute Gasteiger partial charge is 0.573 e. The van der Waals surface area contributed by atoms with Crippen molar-refractivity contribution in [2.45, 2.75) is 19.3 Å². The molecule has 0 aliphatic carbocycles. The Morgan fingerprint density at radius 3 is 2.56 bits per heavy atom. The first kappa shape index (κ1) is 21.0. The lowest BCUT2D eigenvalue weighted by Gasteiger charge is -2.16. The van der Waals surface area contributed by atoms with Crippen LogP contribution in [0.25, 0.3) is 17.0 Å². The van der Waals surface area contributed by atoms with Crippen LogP contribution in [0.3, 0.4) is 0 Å². The van der Waals surface area contributed by atoms with Crippen molar-refractivity contribution < 1.29 is 37.3 Å². The van der Waals surface area contributed by atoms with E-state index in [4.69, 9.17) is 5.11 Å². The average Bonchev–Trinajstić information content (AvgIpc) is 3.35. The molecular weight excluding hydrogens is 440 g/mol. The third-order valence-electron chi connectivity index (χ3n) is 4.48. The van der Waals surface area contributed by atoms with Gasteiger partial charge in [-0.1, -0.05) is 6.07 Å². The summed E-state index contributed by atoms with van der Waals surface area (Å²) in [7, 11) is 0. The van der Waals surface area contributed by atoms with Gasteiger partial charge in [-0.2, -0.15) is 15.2 Å². The molecule has 0 fully saturated rings. The number of benzene rings is 1. The summed E-state index contributed by atoms with van der Waals surface area (Å²) in [6.07, 6.45) is -1.51. The molecule has 0 saturated carbocycles. The summed E-state index contributed by atoms with van der Waals surface area (Å²) < 4.78 is 57.0. The number of aromatic carboxylic acids is 1. The molecule has 32 heavy (non-hydrogen) atoms. The SMILES string of the molecule is CC(c1ccc(OC(F)(F)F)c(F)c1)n1ncc2nc(-n3cc(C(=O)O)cn3)nc(O)c21. The van der Waals surface area contributed by atoms with Crippen molar-refractivity contribution in [3.63, 3.8) is 0 Å². The van der Waals surface area contributed by atoms with Gasteiger partial charge in [0, 0.05) is 6.20 Å². The van der Waals surface area contributed by atoms with Crippen molar-refractivity contribution in [1.82, 2.24) is 29.5 Å². The fourth-order valence-corrected chi connectivity index (χ4v) is 3.00. The standard InChI is InChI=1S/C18H12F4N6O4/c1-8(9-2-3-13(11(19)4-9)32-18(20,21)22)28-14-12(6-24-28)25-17(26-15(14)29)27-7-10(5-23-27)16(30)31/h2-8H,1H3,(H,30,31)(H,25,26,29). The quantitative estimate of drug-likeness (QED) is 0.442. The van der Waals surface area contributed by atoms with Crippen LogP contribution in [0.4, 0.5) is 17.6 Å². The fourth-order valence-electron chi connectivity index (χ4n) is 3.00. The van der Waals surface area contributed by atoms with Gasteiger partial charge in [0.2, 0.25) is 5.88 Å². The van der Waals surface area contributed by atoms with Crippen molar-refractivity contribution in [3.8, 4) is 17.6 Å². The number of aromatic nitrogens is 6. The number of hydrogen-bond donors (Lipinski definition) is 2. The van der Waals surface area contributed by atoms with Crippen LogP contribution in [-0.4, -0.2) is 52.1 Å². The van der Waals surface area contributed by atoms with E-state index in [1.807, 2.05) is 0 Å². The highest BCUT2D eigenvalue weighted by atomic mass is 19.4. The van der Waals surface area contributed by atoms with Crippen LogP contribution in [0, 0.1) is 5.82 Å². The predicted molar refractivity (Wildman–Crippen MR) is 98.0 cm³/mol. The molecule has 2 N–H and O–H groups in total. The van der Waals surface area contributed by atoms with Gasteiger partial charge in [0.05, 0.1) is 24.0 Å². The third kappa shape index (κ3) is 3.89. The van der Waals surface area contributed by atoms with E-state index >= 15 is 0 Å². The zero-order valence-corrected chi connectivity index (χ0v) is 15.9. The summed E-state index contributed by atoms with van der Waals surface area (Å²) in [5.41, 5.74) is 0.369. The molecule has 0 radical (unpaired) electrons. The van der Waals surface area contributed by atoms with Gasteiger partial charge in [-0.25, -0.2) is 18.9 Å². The second-order valence-corrected chi connectivity index (χ2v) is 6.56. The van der Waals surface area contributed by atoms with E-state index in [-0.39, 0.29) is 28.1 Å². The van der Waals surface area contributed by atoms with Gasteiger partial charge in [0.25, 0.3) is 5.95 Å². The molecule has 1 unspecified atom stereocenters. The molecule has 3 heterocycles. The molecule has 4 aromatic rings. The molecule has 1 aromatic carbocycles. The number of hydrogen-bond acceptors (Lipinski definition) is 7. The fraction of sp³-hybridized carbons (Fsp3) is 0.167. The highest BCUT2D eigenvalue weighted by Crippen LogP contribution is 2.31. The predicted octanol–water partition coefficient (Wildman–Crippen LogP) is 3.06. The highest BCUT2D eigenvalue weighted by molar-refractivity contribution is 5.87. The summed E-state index contributed by atoms with van der Waals surface area (Å²) in [4.78, 5) is 19.1. The first-order valence-electron chi connectivity index (χ1n) is 8.81. The zero-order chi connectivity index (χ0) is 23.2. The number of carboxylic acids is 1. The van der Waals surface area contributed by atoms with E-state index in [1.165, 1.54) is 16.9 Å². The van der Waals surface area contributed by atoms with Gasteiger partial charge in [0.15, 0.2) is 11.6 Å². The minimum Gasteiger partial charge on any atom is -0.492 e. The molecule has 0 bridgehead atoms. The number of carbonyl (C=O) groups is 1. The van der Waals surface area contributed by atoms with Crippen molar-refractivity contribution in [2.24, 2.45) is 0 Å². The molecule has 0 amide bonds. The van der Waals surface area contributed by atoms with Crippen LogP contribution in [-0.2, 0) is 0 Å². The van der Waals surface area contributed by atoms with Gasteiger partial charge in [-0.15, -0.1) is 13.2 Å². The van der Waals surface area contributed by atoms with E-state index in [0.29, 0.717) is 0 Å². The topological polar surface area (TPSA) is 128 Å². The Labute approximate surface area is 175 Å². The van der Waals surface area contributed by atoms with Crippen LogP contribution in [0.1, 0.15) is 28.9 Å². The minimum absolute atomic E-state index is 0.0721. The van der Waals surface area contributed by atoms with Crippen LogP contribution in [0.15, 0.2) is 36.8 Å². The van der Waals surface area contributed by atoms with Crippen molar-refractivity contribution in [2.75, 3.05) is 0 Å². The average molecular weight is 452 g/mol. The number of carboxylic acid groups (broad SMARTS) is 1. The normalized spacial score (nSPS) is 12.8. The smallest absolute Gasteiger partial charge is 0.492 e. The van der Waals surface area contributed by atoms with Crippen LogP contribution >= 0.6 is 0 Å². The highest BCUT2D eigenvalue weighted by Gasteiger charge is 2.32. The van der Waals surface area contributed by atoms with Crippen LogP contribution in [0.5, 0.6) is 11.6 Å². The van der Waals surface area contributed by atoms with E-state index in [0.717, 1.165) is 29.2 Å². The molecule has 1 atom stereocenters. The number of fused-ring (bicyclic) bond motifs is 1. The Hall–Kier alpha value is -4.23. The monoisotopic (exact) mass is 452 g/mol. The number of nitrogens with zero attached hydrogens (tertiary/aromatic N) is 6. The maximum absolute atomic E-state index is 14.1. The maximum atomic E-state index is 14.1. The van der Waals surface area contributed by atoms with E-state index < -0.39 is 35.8 Å². The van der Waals surface area contributed by atoms with E-state index in [9.17, 15) is 27.5 Å². The molecule has 0 aliphatic rings. The van der Waals surface area contributed by atoms with Crippen molar-refractivity contribution >= 4 is 17.0 Å². The molecule has 166 valence electrons. The third-order valence-corrected chi connectivity index (χ3v) is 4.48. The second-order valence-electron chi connectivity index (χ2n) is 6.56. The lowest BCUT2D eigenvalue weighted by molar-refractivity contribution is -0.275. The number of alkyl halides is 3. The number of rotatable bonds is 5. The molecule has 14 heteroatoms. The first-order valence-corrected chi connectivity index (χ1v) is 8.81. The number of ether oxygens (including phenoxy) is 1. The van der Waals surface area contributed by atoms with E-state index in [2.05, 4.69) is 24.9 Å². The summed E-state index contributed by atoms with van der Waals surface area (Å²) in [5.74, 6) is -4.04. The molecule has 0 spiro atoms. The summed E-state index contributed by atoms with van der Waals surface area (Å²) in [6.45, 7) is 1.57. The lowest BCUT2D eigenvalue weighted by Crippen LogP contribution is -2.18. The minimum atomic E-state index is -5.03. The Morgan fingerprint density at radius 1 is 1.19 bits per heavy atom. The van der Waals surface area contributed by atoms with Gasteiger partial charge in [-0.3, -0.25) is 4.68 Å².